The maximum absolute atomic E-state index is 12.3. The minimum absolute atomic E-state index is 0.120. The topological polar surface area (TPSA) is 58.6 Å². The number of ether oxygens (including phenoxy) is 1. The van der Waals surface area contributed by atoms with Gasteiger partial charge in [-0.25, -0.2) is 0 Å². The predicted octanol–water partition coefficient (Wildman–Crippen LogP) is 3.18. The Morgan fingerprint density at radius 1 is 1.18 bits per heavy atom. The zero-order valence-corrected chi connectivity index (χ0v) is 12.9. The summed E-state index contributed by atoms with van der Waals surface area (Å²) < 4.78 is 5.52. The number of aryl methyl sites for hydroxylation is 1. The molecule has 0 heterocycles. The molecule has 4 heteroatoms. The summed E-state index contributed by atoms with van der Waals surface area (Å²) in [6.07, 6.45) is 0.615. The second kappa shape index (κ2) is 7.61. The van der Waals surface area contributed by atoms with Crippen LogP contribution in [0.4, 0.5) is 5.69 Å². The Hall–Kier alpha value is -2.33. The Balaban J connectivity index is 2.09. The number of aliphatic hydroxyl groups excluding tert-OH is 1. The monoisotopic (exact) mass is 299 g/mol. The summed E-state index contributed by atoms with van der Waals surface area (Å²) in [5.74, 6) is 0.560. The average Bonchev–Trinajstić information content (AvgIpc) is 2.52. The van der Waals surface area contributed by atoms with Gasteiger partial charge in [-0.1, -0.05) is 18.2 Å². The number of aliphatic hydroxyl groups is 1. The maximum Gasteiger partial charge on any atom is 0.255 e. The van der Waals surface area contributed by atoms with Crippen molar-refractivity contribution in [3.63, 3.8) is 0 Å². The molecule has 0 saturated heterocycles. The van der Waals surface area contributed by atoms with Gasteiger partial charge in [0, 0.05) is 17.9 Å². The van der Waals surface area contributed by atoms with Gasteiger partial charge in [-0.05, 0) is 55.7 Å². The summed E-state index contributed by atoms with van der Waals surface area (Å²) in [6.45, 7) is 4.56. The Labute approximate surface area is 130 Å². The molecule has 0 aliphatic carbocycles. The normalized spacial score (nSPS) is 10.3. The number of nitrogens with one attached hydrogen (secondary N) is 1. The second-order valence-corrected chi connectivity index (χ2v) is 5.04. The molecule has 0 aromatic heterocycles. The zero-order valence-electron chi connectivity index (χ0n) is 12.9. The summed E-state index contributed by atoms with van der Waals surface area (Å²) in [7, 11) is 0. The van der Waals surface area contributed by atoms with E-state index in [-0.39, 0.29) is 12.5 Å². The van der Waals surface area contributed by atoms with Gasteiger partial charge in [-0.2, -0.15) is 0 Å². The van der Waals surface area contributed by atoms with E-state index in [1.165, 1.54) is 0 Å². The van der Waals surface area contributed by atoms with E-state index in [4.69, 9.17) is 9.84 Å². The van der Waals surface area contributed by atoms with E-state index in [1.807, 2.05) is 44.2 Å². The number of carbonyl (C=O) groups excluding carboxylic acids is 1. The molecular weight excluding hydrogens is 278 g/mol. The average molecular weight is 299 g/mol. The minimum atomic E-state index is -0.170. The van der Waals surface area contributed by atoms with Gasteiger partial charge in [0.05, 0.1) is 6.61 Å². The molecule has 0 aliphatic rings. The third-order valence-electron chi connectivity index (χ3n) is 3.36. The van der Waals surface area contributed by atoms with Crippen LogP contribution in [0.3, 0.4) is 0 Å². The standard InChI is InChI=1S/C18H21NO3/c1-3-22-17-12-15(7-4-13(17)2)18(21)19-16-8-5-14(6-9-16)10-11-20/h4-9,12,20H,3,10-11H2,1-2H3,(H,19,21). The molecule has 116 valence electrons. The molecule has 1 amide bonds. The fourth-order valence-electron chi connectivity index (χ4n) is 2.14. The van der Waals surface area contributed by atoms with Crippen LogP contribution in [0, 0.1) is 6.92 Å². The highest BCUT2D eigenvalue weighted by molar-refractivity contribution is 6.04. The first-order valence-electron chi connectivity index (χ1n) is 7.38. The molecule has 0 radical (unpaired) electrons. The Morgan fingerprint density at radius 2 is 1.91 bits per heavy atom. The summed E-state index contributed by atoms with van der Waals surface area (Å²) in [6, 6.07) is 12.9. The highest BCUT2D eigenvalue weighted by Gasteiger charge is 2.09. The quantitative estimate of drug-likeness (QED) is 0.861. The third-order valence-corrected chi connectivity index (χ3v) is 3.36. The highest BCUT2D eigenvalue weighted by Crippen LogP contribution is 2.20. The van der Waals surface area contributed by atoms with Crippen molar-refractivity contribution in [1.82, 2.24) is 0 Å². The Bertz CT molecular complexity index is 635. The number of hydrogen-bond acceptors (Lipinski definition) is 3. The third kappa shape index (κ3) is 4.09. The molecule has 2 rings (SSSR count). The van der Waals surface area contributed by atoms with Crippen LogP contribution < -0.4 is 10.1 Å². The number of carbonyl (C=O) groups is 1. The van der Waals surface area contributed by atoms with Gasteiger partial charge < -0.3 is 15.2 Å². The second-order valence-electron chi connectivity index (χ2n) is 5.04. The molecule has 0 fully saturated rings. The first-order valence-corrected chi connectivity index (χ1v) is 7.38. The molecule has 0 unspecified atom stereocenters. The molecular formula is C18H21NO3. The summed E-state index contributed by atoms with van der Waals surface area (Å²) in [5, 5.41) is 11.8. The fourth-order valence-corrected chi connectivity index (χ4v) is 2.14. The largest absolute Gasteiger partial charge is 0.494 e. The number of anilines is 1. The van der Waals surface area contributed by atoms with Crippen molar-refractivity contribution < 1.29 is 14.6 Å². The molecule has 0 spiro atoms. The van der Waals surface area contributed by atoms with Gasteiger partial charge in [-0.3, -0.25) is 4.79 Å². The molecule has 2 N–H and O–H groups in total. The fraction of sp³-hybridized carbons (Fsp3) is 0.278. The van der Waals surface area contributed by atoms with Gasteiger partial charge in [0.1, 0.15) is 5.75 Å². The van der Waals surface area contributed by atoms with Crippen LogP contribution in [0.5, 0.6) is 5.75 Å². The molecule has 4 nitrogen and oxygen atoms in total. The number of hydrogen-bond donors (Lipinski definition) is 2. The molecule has 2 aromatic rings. The van der Waals surface area contributed by atoms with Crippen molar-refractivity contribution in [1.29, 1.82) is 0 Å². The Morgan fingerprint density at radius 3 is 2.55 bits per heavy atom. The van der Waals surface area contributed by atoms with Crippen LogP contribution in [0.15, 0.2) is 42.5 Å². The molecule has 2 aromatic carbocycles. The molecule has 0 aliphatic heterocycles. The molecule has 0 atom stereocenters. The maximum atomic E-state index is 12.3. The van der Waals surface area contributed by atoms with Crippen LogP contribution in [0.1, 0.15) is 28.4 Å². The van der Waals surface area contributed by atoms with Gasteiger partial charge in [0.15, 0.2) is 0 Å². The summed E-state index contributed by atoms with van der Waals surface area (Å²) in [5.41, 5.74) is 3.33. The zero-order chi connectivity index (χ0) is 15.9. The molecule has 22 heavy (non-hydrogen) atoms. The van der Waals surface area contributed by atoms with Crippen molar-refractivity contribution in [2.45, 2.75) is 20.3 Å². The molecule has 0 bridgehead atoms. The van der Waals surface area contributed by atoms with Crippen molar-refractivity contribution in [3.05, 3.63) is 59.2 Å². The Kier molecular flexibility index (Phi) is 5.55. The first kappa shape index (κ1) is 16.0. The van der Waals surface area contributed by atoms with Crippen molar-refractivity contribution in [3.8, 4) is 5.75 Å². The van der Waals surface area contributed by atoms with E-state index >= 15 is 0 Å². The van der Waals surface area contributed by atoms with E-state index in [0.717, 1.165) is 22.6 Å². The minimum Gasteiger partial charge on any atom is -0.494 e. The van der Waals surface area contributed by atoms with Crippen LogP contribution >= 0.6 is 0 Å². The lowest BCUT2D eigenvalue weighted by Gasteiger charge is -2.10. The van der Waals surface area contributed by atoms with E-state index in [0.29, 0.717) is 18.6 Å². The number of benzene rings is 2. The van der Waals surface area contributed by atoms with Gasteiger partial charge in [0.2, 0.25) is 0 Å². The SMILES string of the molecule is CCOc1cc(C(=O)Nc2ccc(CCO)cc2)ccc1C. The van der Waals surface area contributed by atoms with E-state index in [2.05, 4.69) is 5.32 Å². The van der Waals surface area contributed by atoms with Gasteiger partial charge in [0.25, 0.3) is 5.91 Å². The summed E-state index contributed by atoms with van der Waals surface area (Å²) in [4.78, 5) is 12.3. The van der Waals surface area contributed by atoms with Crippen LogP contribution in [0.2, 0.25) is 0 Å². The van der Waals surface area contributed by atoms with E-state index in [9.17, 15) is 4.79 Å². The van der Waals surface area contributed by atoms with Crippen molar-refractivity contribution >= 4 is 11.6 Å². The van der Waals surface area contributed by atoms with Crippen molar-refractivity contribution in [2.75, 3.05) is 18.5 Å². The smallest absolute Gasteiger partial charge is 0.255 e. The highest BCUT2D eigenvalue weighted by atomic mass is 16.5. The lowest BCUT2D eigenvalue weighted by molar-refractivity contribution is 0.102. The van der Waals surface area contributed by atoms with Crippen LogP contribution in [-0.4, -0.2) is 24.2 Å². The van der Waals surface area contributed by atoms with Gasteiger partial charge in [-0.15, -0.1) is 0 Å². The summed E-state index contributed by atoms with van der Waals surface area (Å²) >= 11 is 0. The van der Waals surface area contributed by atoms with Crippen LogP contribution in [0.25, 0.3) is 0 Å². The first-order chi connectivity index (χ1) is 10.6. The van der Waals surface area contributed by atoms with Crippen molar-refractivity contribution in [2.24, 2.45) is 0 Å². The number of rotatable bonds is 6. The lowest BCUT2D eigenvalue weighted by atomic mass is 10.1. The van der Waals surface area contributed by atoms with E-state index in [1.54, 1.807) is 12.1 Å². The molecule has 0 saturated carbocycles. The van der Waals surface area contributed by atoms with E-state index < -0.39 is 0 Å². The van der Waals surface area contributed by atoms with Gasteiger partial charge >= 0.3 is 0 Å². The number of amides is 1. The van der Waals surface area contributed by atoms with Crippen LogP contribution in [-0.2, 0) is 6.42 Å². The lowest BCUT2D eigenvalue weighted by Crippen LogP contribution is -2.12. The predicted molar refractivity (Wildman–Crippen MR) is 87.5 cm³/mol.